The molecule has 0 fully saturated rings. The van der Waals surface area contributed by atoms with Gasteiger partial charge in [0, 0.05) is 17.8 Å². The zero-order chi connectivity index (χ0) is 21.1. The minimum absolute atomic E-state index is 0.275. The molecule has 7 heteroatoms. The van der Waals surface area contributed by atoms with Crippen molar-refractivity contribution in [3.05, 3.63) is 83.9 Å². The van der Waals surface area contributed by atoms with E-state index in [4.69, 9.17) is 4.74 Å². The molecule has 0 radical (unpaired) electrons. The minimum atomic E-state index is -3.36. The third-order valence-corrected chi connectivity index (χ3v) is 6.09. The molecule has 154 valence electrons. The number of benzene rings is 3. The van der Waals surface area contributed by atoms with Crippen LogP contribution in [0, 0.1) is 0 Å². The number of aryl methyl sites for hydroxylation is 1. The van der Waals surface area contributed by atoms with Crippen molar-refractivity contribution in [2.75, 3.05) is 22.4 Å². The molecule has 3 aromatic carbocycles. The van der Waals surface area contributed by atoms with Crippen LogP contribution in [0.2, 0.25) is 0 Å². The Hall–Kier alpha value is -3.32. The standard InChI is InChI=1S/C23H22N2O4S/c1-30(27,28)25-15-5-6-17-9-12-19(16-22(17)25)24-23(26)18-10-13-21(14-11-18)29-20-7-3-2-4-8-20/h2-4,7-14,16H,5-6,15H2,1H3,(H,24,26). The predicted octanol–water partition coefficient (Wildman–Crippen LogP) is 4.44. The lowest BCUT2D eigenvalue weighted by Crippen LogP contribution is -2.34. The van der Waals surface area contributed by atoms with Crippen LogP contribution in [-0.4, -0.2) is 27.1 Å². The van der Waals surface area contributed by atoms with E-state index < -0.39 is 10.0 Å². The number of rotatable bonds is 5. The van der Waals surface area contributed by atoms with Gasteiger partial charge >= 0.3 is 0 Å². The second-order valence-electron chi connectivity index (χ2n) is 7.18. The van der Waals surface area contributed by atoms with Crippen LogP contribution in [-0.2, 0) is 16.4 Å². The number of nitrogens with one attached hydrogen (secondary N) is 1. The van der Waals surface area contributed by atoms with Crippen molar-refractivity contribution in [2.24, 2.45) is 0 Å². The normalized spacial score (nSPS) is 13.4. The van der Waals surface area contributed by atoms with Crippen molar-refractivity contribution in [3.63, 3.8) is 0 Å². The Labute approximate surface area is 176 Å². The summed E-state index contributed by atoms with van der Waals surface area (Å²) in [6.45, 7) is 0.451. The number of sulfonamides is 1. The van der Waals surface area contributed by atoms with E-state index in [9.17, 15) is 13.2 Å². The van der Waals surface area contributed by atoms with Gasteiger partial charge in [-0.2, -0.15) is 0 Å². The Kier molecular flexibility index (Phi) is 5.46. The van der Waals surface area contributed by atoms with E-state index in [-0.39, 0.29) is 5.91 Å². The van der Waals surface area contributed by atoms with Crippen molar-refractivity contribution in [3.8, 4) is 11.5 Å². The van der Waals surface area contributed by atoms with E-state index in [1.165, 1.54) is 10.6 Å². The van der Waals surface area contributed by atoms with E-state index in [0.717, 1.165) is 24.2 Å². The van der Waals surface area contributed by atoms with Crippen molar-refractivity contribution < 1.29 is 17.9 Å². The van der Waals surface area contributed by atoms with Crippen molar-refractivity contribution in [2.45, 2.75) is 12.8 Å². The fraction of sp³-hybridized carbons (Fsp3) is 0.174. The van der Waals surface area contributed by atoms with Gasteiger partial charge in [-0.1, -0.05) is 24.3 Å². The average Bonchev–Trinajstić information content (AvgIpc) is 2.74. The number of carbonyl (C=O) groups is 1. The second kappa shape index (κ2) is 8.20. The predicted molar refractivity (Wildman–Crippen MR) is 118 cm³/mol. The van der Waals surface area contributed by atoms with Gasteiger partial charge in [0.1, 0.15) is 11.5 Å². The van der Waals surface area contributed by atoms with Gasteiger partial charge in [-0.3, -0.25) is 9.10 Å². The quantitative estimate of drug-likeness (QED) is 0.659. The smallest absolute Gasteiger partial charge is 0.255 e. The number of fused-ring (bicyclic) bond motifs is 1. The van der Waals surface area contributed by atoms with Gasteiger partial charge in [-0.15, -0.1) is 0 Å². The highest BCUT2D eigenvalue weighted by atomic mass is 32.2. The second-order valence-corrected chi connectivity index (χ2v) is 9.08. The maximum absolute atomic E-state index is 12.6. The highest BCUT2D eigenvalue weighted by molar-refractivity contribution is 7.92. The third-order valence-electron chi connectivity index (χ3n) is 4.91. The molecule has 0 aliphatic carbocycles. The zero-order valence-electron chi connectivity index (χ0n) is 16.5. The summed E-state index contributed by atoms with van der Waals surface area (Å²) >= 11 is 0. The molecule has 1 aliphatic heterocycles. The fourth-order valence-corrected chi connectivity index (χ4v) is 4.45. The molecule has 3 aromatic rings. The summed E-state index contributed by atoms with van der Waals surface area (Å²) in [5.41, 5.74) is 2.63. The molecular weight excluding hydrogens is 400 g/mol. The first-order valence-electron chi connectivity index (χ1n) is 9.65. The molecular formula is C23H22N2O4S. The summed E-state index contributed by atoms with van der Waals surface area (Å²) in [6.07, 6.45) is 2.80. The molecule has 0 bridgehead atoms. The van der Waals surface area contributed by atoms with Crippen LogP contribution in [0.1, 0.15) is 22.3 Å². The molecule has 1 amide bonds. The molecule has 4 rings (SSSR count). The van der Waals surface area contributed by atoms with Crippen molar-refractivity contribution in [1.29, 1.82) is 0 Å². The van der Waals surface area contributed by atoms with Gasteiger partial charge < -0.3 is 10.1 Å². The number of para-hydroxylation sites is 1. The SMILES string of the molecule is CS(=O)(=O)N1CCCc2ccc(NC(=O)c3ccc(Oc4ccccc4)cc3)cc21. The molecule has 0 atom stereocenters. The Morgan fingerprint density at radius 2 is 1.67 bits per heavy atom. The molecule has 6 nitrogen and oxygen atoms in total. The number of hydrogen-bond acceptors (Lipinski definition) is 4. The van der Waals surface area contributed by atoms with Crippen LogP contribution in [0.25, 0.3) is 0 Å². The zero-order valence-corrected chi connectivity index (χ0v) is 17.4. The molecule has 0 saturated carbocycles. The number of ether oxygens (including phenoxy) is 1. The lowest BCUT2D eigenvalue weighted by atomic mass is 10.0. The Morgan fingerprint density at radius 1 is 0.967 bits per heavy atom. The molecule has 0 spiro atoms. The van der Waals surface area contributed by atoms with Crippen molar-refractivity contribution in [1.82, 2.24) is 0 Å². The molecule has 1 heterocycles. The van der Waals surface area contributed by atoms with Crippen LogP contribution >= 0.6 is 0 Å². The largest absolute Gasteiger partial charge is 0.457 e. The summed E-state index contributed by atoms with van der Waals surface area (Å²) in [6, 6.07) is 21.7. The summed E-state index contributed by atoms with van der Waals surface area (Å²) in [5, 5.41) is 2.85. The Morgan fingerprint density at radius 3 is 2.37 bits per heavy atom. The summed E-state index contributed by atoms with van der Waals surface area (Å²) in [7, 11) is -3.36. The highest BCUT2D eigenvalue weighted by Gasteiger charge is 2.24. The first-order valence-corrected chi connectivity index (χ1v) is 11.5. The number of hydrogen-bond donors (Lipinski definition) is 1. The number of nitrogens with zero attached hydrogens (tertiary/aromatic N) is 1. The molecule has 1 aliphatic rings. The topological polar surface area (TPSA) is 75.7 Å². The Bertz CT molecular complexity index is 1160. The van der Waals surface area contributed by atoms with Gasteiger partial charge in [0.15, 0.2) is 0 Å². The Balaban J connectivity index is 1.49. The molecule has 0 unspecified atom stereocenters. The molecule has 0 saturated heterocycles. The van der Waals surface area contributed by atoms with Gasteiger partial charge in [-0.05, 0) is 66.9 Å². The maximum Gasteiger partial charge on any atom is 0.255 e. The summed E-state index contributed by atoms with van der Waals surface area (Å²) < 4.78 is 31.3. The first-order chi connectivity index (χ1) is 14.4. The number of amides is 1. The molecule has 0 aromatic heterocycles. The van der Waals surface area contributed by atoms with Crippen LogP contribution in [0.3, 0.4) is 0 Å². The summed E-state index contributed by atoms with van der Waals surface area (Å²) in [4.78, 5) is 12.6. The van der Waals surface area contributed by atoms with Crippen LogP contribution in [0.4, 0.5) is 11.4 Å². The molecule has 30 heavy (non-hydrogen) atoms. The number of anilines is 2. The van der Waals surface area contributed by atoms with Crippen LogP contribution in [0.5, 0.6) is 11.5 Å². The first kappa shape index (κ1) is 20.0. The third kappa shape index (κ3) is 4.46. The van der Waals surface area contributed by atoms with E-state index in [1.54, 1.807) is 36.4 Å². The fourth-order valence-electron chi connectivity index (χ4n) is 3.47. The van der Waals surface area contributed by atoms with E-state index >= 15 is 0 Å². The lowest BCUT2D eigenvalue weighted by Gasteiger charge is -2.29. The van der Waals surface area contributed by atoms with E-state index in [2.05, 4.69) is 5.32 Å². The van der Waals surface area contributed by atoms with E-state index in [0.29, 0.717) is 29.2 Å². The number of carbonyl (C=O) groups excluding carboxylic acids is 1. The molecule has 1 N–H and O–H groups in total. The summed E-state index contributed by atoms with van der Waals surface area (Å²) in [5.74, 6) is 1.08. The lowest BCUT2D eigenvalue weighted by molar-refractivity contribution is 0.102. The van der Waals surface area contributed by atoms with Gasteiger partial charge in [0.25, 0.3) is 5.91 Å². The monoisotopic (exact) mass is 422 g/mol. The van der Waals surface area contributed by atoms with Gasteiger partial charge in [0.05, 0.1) is 11.9 Å². The maximum atomic E-state index is 12.6. The van der Waals surface area contributed by atoms with Gasteiger partial charge in [0.2, 0.25) is 10.0 Å². The van der Waals surface area contributed by atoms with Gasteiger partial charge in [-0.25, -0.2) is 8.42 Å². The van der Waals surface area contributed by atoms with Crippen molar-refractivity contribution >= 4 is 27.3 Å². The highest BCUT2D eigenvalue weighted by Crippen LogP contribution is 2.32. The van der Waals surface area contributed by atoms with E-state index in [1.807, 2.05) is 36.4 Å². The minimum Gasteiger partial charge on any atom is -0.457 e. The van der Waals surface area contributed by atoms with Crippen LogP contribution in [0.15, 0.2) is 72.8 Å². The van der Waals surface area contributed by atoms with Crippen LogP contribution < -0.4 is 14.4 Å². The average molecular weight is 423 g/mol.